The molecule has 5 heteroatoms. The van der Waals surface area contributed by atoms with Gasteiger partial charge in [-0.15, -0.1) is 0 Å². The van der Waals surface area contributed by atoms with E-state index in [1.54, 1.807) is 31.2 Å². The van der Waals surface area contributed by atoms with Crippen LogP contribution in [-0.4, -0.2) is 24.1 Å². The van der Waals surface area contributed by atoms with Gasteiger partial charge in [0.1, 0.15) is 5.75 Å². The highest BCUT2D eigenvalue weighted by molar-refractivity contribution is 5.97. The van der Waals surface area contributed by atoms with Crippen LogP contribution in [0.4, 0.5) is 5.69 Å². The molecule has 0 unspecified atom stereocenters. The molecule has 1 aliphatic rings. The molecule has 0 aliphatic heterocycles. The van der Waals surface area contributed by atoms with Crippen LogP contribution in [0.5, 0.6) is 5.75 Å². The van der Waals surface area contributed by atoms with E-state index in [0.29, 0.717) is 24.3 Å². The van der Waals surface area contributed by atoms with Gasteiger partial charge < -0.3 is 15.2 Å². The molecule has 0 bridgehead atoms. The number of carboxylic acids is 1. The van der Waals surface area contributed by atoms with Crippen LogP contribution >= 0.6 is 0 Å². The van der Waals surface area contributed by atoms with Crippen LogP contribution in [-0.2, 0) is 9.59 Å². The monoisotopic (exact) mass is 289 g/mol. The quantitative estimate of drug-likeness (QED) is 0.836. The molecular weight excluding hydrogens is 270 g/mol. The summed E-state index contributed by atoms with van der Waals surface area (Å²) >= 11 is 0. The summed E-state index contributed by atoms with van der Waals surface area (Å²) in [6, 6.07) is 7.06. The van der Waals surface area contributed by atoms with E-state index in [2.05, 4.69) is 5.32 Å². The maximum atomic E-state index is 12.5. The summed E-state index contributed by atoms with van der Waals surface area (Å²) in [5, 5.41) is 12.2. The molecule has 5 nitrogen and oxygen atoms in total. The fourth-order valence-electron chi connectivity index (χ4n) is 2.56. The minimum absolute atomic E-state index is 0.297. The van der Waals surface area contributed by atoms with Crippen molar-refractivity contribution in [1.82, 2.24) is 0 Å². The van der Waals surface area contributed by atoms with Gasteiger partial charge in [-0.1, -0.05) is 24.3 Å². The molecule has 0 fully saturated rings. The van der Waals surface area contributed by atoms with Crippen molar-refractivity contribution in [2.45, 2.75) is 19.8 Å². The molecule has 2 rings (SSSR count). The van der Waals surface area contributed by atoms with Crippen LogP contribution in [0, 0.1) is 11.3 Å². The van der Waals surface area contributed by atoms with E-state index in [9.17, 15) is 14.7 Å². The van der Waals surface area contributed by atoms with Crippen molar-refractivity contribution >= 4 is 17.6 Å². The van der Waals surface area contributed by atoms with Crippen LogP contribution in [0.3, 0.4) is 0 Å². The first-order valence-corrected chi connectivity index (χ1v) is 6.81. The van der Waals surface area contributed by atoms with Gasteiger partial charge in [0.05, 0.1) is 24.1 Å². The second-order valence-corrected chi connectivity index (χ2v) is 5.38. The lowest BCUT2D eigenvalue weighted by Crippen LogP contribution is -2.43. The number of rotatable bonds is 4. The average molecular weight is 289 g/mol. The number of nitrogens with one attached hydrogen (secondary N) is 1. The van der Waals surface area contributed by atoms with Crippen LogP contribution in [0.15, 0.2) is 36.4 Å². The highest BCUT2D eigenvalue weighted by Gasteiger charge is 2.45. The van der Waals surface area contributed by atoms with E-state index in [1.807, 2.05) is 12.2 Å². The summed E-state index contributed by atoms with van der Waals surface area (Å²) in [6.45, 7) is 1.62. The average Bonchev–Trinajstić information content (AvgIpc) is 2.48. The Hall–Kier alpha value is -2.30. The van der Waals surface area contributed by atoms with Gasteiger partial charge in [-0.25, -0.2) is 0 Å². The summed E-state index contributed by atoms with van der Waals surface area (Å²) in [7, 11) is 1.52. The molecule has 0 aromatic heterocycles. The first kappa shape index (κ1) is 15.1. The Labute approximate surface area is 123 Å². The van der Waals surface area contributed by atoms with E-state index in [4.69, 9.17) is 4.74 Å². The zero-order valence-electron chi connectivity index (χ0n) is 12.1. The van der Waals surface area contributed by atoms with Gasteiger partial charge in [0.15, 0.2) is 0 Å². The number of para-hydroxylation sites is 2. The predicted octanol–water partition coefficient (Wildman–Crippen LogP) is 2.69. The number of allylic oxidation sites excluding steroid dienone is 2. The molecule has 1 aliphatic carbocycles. The Bertz CT molecular complexity index is 581. The van der Waals surface area contributed by atoms with E-state index < -0.39 is 17.3 Å². The standard InChI is InChI=1S/C16H19NO4/c1-16(15(19)20)10-6-5-7-11(16)14(18)17-12-8-3-4-9-13(12)21-2/h3-6,8-9,11H,7,10H2,1-2H3,(H,17,18)(H,19,20)/t11-,16+/m0/s1. The van der Waals surface area contributed by atoms with E-state index in [-0.39, 0.29) is 5.91 Å². The minimum Gasteiger partial charge on any atom is -0.495 e. The molecule has 0 spiro atoms. The molecule has 112 valence electrons. The maximum Gasteiger partial charge on any atom is 0.310 e. The van der Waals surface area contributed by atoms with Gasteiger partial charge >= 0.3 is 5.97 Å². The third kappa shape index (κ3) is 2.91. The molecule has 1 amide bonds. The molecule has 2 atom stereocenters. The van der Waals surface area contributed by atoms with Gasteiger partial charge in [-0.3, -0.25) is 9.59 Å². The zero-order valence-corrected chi connectivity index (χ0v) is 12.1. The number of aliphatic carboxylic acids is 1. The molecule has 21 heavy (non-hydrogen) atoms. The number of amides is 1. The highest BCUT2D eigenvalue weighted by Crippen LogP contribution is 2.39. The third-order valence-corrected chi connectivity index (χ3v) is 4.02. The first-order valence-electron chi connectivity index (χ1n) is 6.81. The fraction of sp³-hybridized carbons (Fsp3) is 0.375. The van der Waals surface area contributed by atoms with Gasteiger partial charge in [0.25, 0.3) is 0 Å². The van der Waals surface area contributed by atoms with Crippen LogP contribution < -0.4 is 10.1 Å². The van der Waals surface area contributed by atoms with Crippen LogP contribution in [0.25, 0.3) is 0 Å². The summed E-state index contributed by atoms with van der Waals surface area (Å²) in [6.07, 6.45) is 4.45. The van der Waals surface area contributed by atoms with Crippen molar-refractivity contribution in [3.63, 3.8) is 0 Å². The lowest BCUT2D eigenvalue weighted by molar-refractivity contribution is -0.154. The molecule has 1 aromatic carbocycles. The summed E-state index contributed by atoms with van der Waals surface area (Å²) in [4.78, 5) is 24.0. The first-order chi connectivity index (χ1) is 9.99. The van der Waals surface area contributed by atoms with Gasteiger partial charge in [-0.2, -0.15) is 0 Å². The van der Waals surface area contributed by atoms with Crippen molar-refractivity contribution in [3.05, 3.63) is 36.4 Å². The van der Waals surface area contributed by atoms with Gasteiger partial charge in [0.2, 0.25) is 5.91 Å². The Balaban J connectivity index is 2.23. The zero-order chi connectivity index (χ0) is 15.5. The Kier molecular flexibility index (Phi) is 4.31. The Morgan fingerprint density at radius 2 is 2.05 bits per heavy atom. The summed E-state index contributed by atoms with van der Waals surface area (Å²) < 4.78 is 5.19. The number of carboxylic acid groups (broad SMARTS) is 1. The second kappa shape index (κ2) is 5.99. The molecule has 0 saturated heterocycles. The van der Waals surface area contributed by atoms with Crippen molar-refractivity contribution in [2.75, 3.05) is 12.4 Å². The molecular formula is C16H19NO4. The molecule has 0 saturated carbocycles. The number of ether oxygens (including phenoxy) is 1. The molecule has 1 aromatic rings. The van der Waals surface area contributed by atoms with Gasteiger partial charge in [-0.05, 0) is 31.9 Å². The predicted molar refractivity (Wildman–Crippen MR) is 79.2 cm³/mol. The van der Waals surface area contributed by atoms with Gasteiger partial charge in [0, 0.05) is 0 Å². The second-order valence-electron chi connectivity index (χ2n) is 5.38. The number of methoxy groups -OCH3 is 1. The normalized spacial score (nSPS) is 24.4. The summed E-state index contributed by atoms with van der Waals surface area (Å²) in [5.41, 5.74) is -0.534. The molecule has 0 heterocycles. The molecule has 2 N–H and O–H groups in total. The third-order valence-electron chi connectivity index (χ3n) is 4.02. The number of benzene rings is 1. The number of carbonyl (C=O) groups excluding carboxylic acids is 1. The summed E-state index contributed by atoms with van der Waals surface area (Å²) in [5.74, 6) is -1.31. The van der Waals surface area contributed by atoms with Crippen molar-refractivity contribution in [2.24, 2.45) is 11.3 Å². The molecule has 0 radical (unpaired) electrons. The lowest BCUT2D eigenvalue weighted by Gasteiger charge is -2.34. The smallest absolute Gasteiger partial charge is 0.310 e. The van der Waals surface area contributed by atoms with Crippen LogP contribution in [0.1, 0.15) is 19.8 Å². The number of anilines is 1. The van der Waals surface area contributed by atoms with E-state index in [1.165, 1.54) is 7.11 Å². The number of hydrogen-bond acceptors (Lipinski definition) is 3. The highest BCUT2D eigenvalue weighted by atomic mass is 16.5. The van der Waals surface area contributed by atoms with E-state index >= 15 is 0 Å². The number of carbonyl (C=O) groups is 2. The fourth-order valence-corrected chi connectivity index (χ4v) is 2.56. The largest absolute Gasteiger partial charge is 0.495 e. The van der Waals surface area contributed by atoms with Crippen LogP contribution in [0.2, 0.25) is 0 Å². The van der Waals surface area contributed by atoms with Crippen molar-refractivity contribution in [3.8, 4) is 5.75 Å². The van der Waals surface area contributed by atoms with E-state index in [0.717, 1.165) is 0 Å². The Morgan fingerprint density at radius 1 is 1.33 bits per heavy atom. The topological polar surface area (TPSA) is 75.6 Å². The SMILES string of the molecule is COc1ccccc1NC(=O)[C@@H]1CC=CC[C@@]1(C)C(=O)O. The maximum absolute atomic E-state index is 12.5. The van der Waals surface area contributed by atoms with Crippen molar-refractivity contribution < 1.29 is 19.4 Å². The minimum atomic E-state index is -1.08. The lowest BCUT2D eigenvalue weighted by atomic mass is 9.69. The number of hydrogen-bond donors (Lipinski definition) is 2. The Morgan fingerprint density at radius 3 is 2.71 bits per heavy atom. The van der Waals surface area contributed by atoms with Crippen molar-refractivity contribution in [1.29, 1.82) is 0 Å².